The van der Waals surface area contributed by atoms with Gasteiger partial charge in [-0.25, -0.2) is 22.9 Å². The molecule has 2 heterocycles. The number of H-pyrrole nitrogens is 1. The molecule has 2 amide bonds. The van der Waals surface area contributed by atoms with Crippen molar-refractivity contribution in [1.82, 2.24) is 20.2 Å². The van der Waals surface area contributed by atoms with Crippen molar-refractivity contribution in [3.05, 3.63) is 52.9 Å². The van der Waals surface area contributed by atoms with Crippen LogP contribution in [0.1, 0.15) is 29.4 Å². The van der Waals surface area contributed by atoms with Gasteiger partial charge in [-0.2, -0.15) is 0 Å². The van der Waals surface area contributed by atoms with Gasteiger partial charge in [-0.15, -0.1) is 0 Å². The van der Waals surface area contributed by atoms with E-state index in [1.807, 2.05) is 0 Å². The number of benzene rings is 1. The summed E-state index contributed by atoms with van der Waals surface area (Å²) in [6.45, 7) is 0.213. The molecule has 0 aliphatic carbocycles. The summed E-state index contributed by atoms with van der Waals surface area (Å²) >= 11 is 0. The van der Waals surface area contributed by atoms with Crippen molar-refractivity contribution in [1.29, 1.82) is 0 Å². The van der Waals surface area contributed by atoms with Gasteiger partial charge in [0.15, 0.2) is 17.5 Å². The Hall–Kier alpha value is -3.04. The van der Waals surface area contributed by atoms with E-state index >= 15 is 0 Å². The molecular formula is C17H17F3N4O3. The molecule has 0 unspecified atom stereocenters. The first-order chi connectivity index (χ1) is 12.9. The van der Waals surface area contributed by atoms with E-state index in [4.69, 9.17) is 0 Å². The number of methoxy groups -OCH3 is 1. The van der Waals surface area contributed by atoms with Crippen molar-refractivity contribution in [2.24, 2.45) is 0 Å². The molecular weight excluding hydrogens is 365 g/mol. The predicted octanol–water partition coefficient (Wildman–Crippen LogP) is 2.05. The monoisotopic (exact) mass is 382 g/mol. The number of carbonyl (C=O) groups excluding carboxylic acids is 2. The fourth-order valence-electron chi connectivity index (χ4n) is 3.04. The summed E-state index contributed by atoms with van der Waals surface area (Å²) in [5.74, 6) is -4.79. The molecule has 1 aliphatic heterocycles. The Morgan fingerprint density at radius 1 is 1.33 bits per heavy atom. The maximum Gasteiger partial charge on any atom is 0.318 e. The molecule has 0 bridgehead atoms. The van der Waals surface area contributed by atoms with E-state index in [2.05, 4.69) is 20.0 Å². The number of aromatic nitrogens is 2. The van der Waals surface area contributed by atoms with Crippen molar-refractivity contribution < 1.29 is 27.5 Å². The van der Waals surface area contributed by atoms with E-state index in [-0.39, 0.29) is 25.1 Å². The topological polar surface area (TPSA) is 87.3 Å². The maximum absolute atomic E-state index is 14.4. The maximum atomic E-state index is 14.4. The minimum atomic E-state index is -1.61. The lowest BCUT2D eigenvalue weighted by molar-refractivity contribution is -0.140. The van der Waals surface area contributed by atoms with E-state index in [1.54, 1.807) is 0 Å². The molecule has 1 aromatic carbocycles. The van der Waals surface area contributed by atoms with E-state index in [9.17, 15) is 22.8 Å². The third-order valence-electron chi connectivity index (χ3n) is 4.38. The van der Waals surface area contributed by atoms with Gasteiger partial charge in [-0.1, -0.05) is 6.07 Å². The Morgan fingerprint density at radius 2 is 2.11 bits per heavy atom. The van der Waals surface area contributed by atoms with Crippen molar-refractivity contribution >= 4 is 12.0 Å². The van der Waals surface area contributed by atoms with Gasteiger partial charge in [0.2, 0.25) is 0 Å². The van der Waals surface area contributed by atoms with Crippen LogP contribution < -0.4 is 5.32 Å². The second-order valence-electron chi connectivity index (χ2n) is 5.93. The van der Waals surface area contributed by atoms with Crippen LogP contribution in [-0.2, 0) is 16.0 Å². The van der Waals surface area contributed by atoms with Crippen molar-refractivity contribution in [3.8, 4) is 0 Å². The van der Waals surface area contributed by atoms with Gasteiger partial charge in [0.25, 0.3) is 0 Å². The molecule has 1 atom stereocenters. The summed E-state index contributed by atoms with van der Waals surface area (Å²) in [5, 5.41) is 2.54. The molecule has 2 N–H and O–H groups in total. The molecule has 27 heavy (non-hydrogen) atoms. The summed E-state index contributed by atoms with van der Waals surface area (Å²) in [4.78, 5) is 32.1. The summed E-state index contributed by atoms with van der Waals surface area (Å²) in [6, 6.07) is 0.286. The summed E-state index contributed by atoms with van der Waals surface area (Å²) in [6.07, 6.45) is 1.80. The Morgan fingerprint density at radius 3 is 2.85 bits per heavy atom. The number of fused-ring (bicyclic) bond motifs is 1. The molecule has 0 fully saturated rings. The average molecular weight is 382 g/mol. The van der Waals surface area contributed by atoms with E-state index < -0.39 is 35.5 Å². The largest absolute Gasteiger partial charge is 0.469 e. The van der Waals surface area contributed by atoms with Crippen LogP contribution in [0.3, 0.4) is 0 Å². The Labute approximate surface area is 152 Å². The minimum absolute atomic E-state index is 0.0163. The van der Waals surface area contributed by atoms with Crippen LogP contribution in [0, 0.1) is 17.5 Å². The van der Waals surface area contributed by atoms with Crippen LogP contribution in [0.15, 0.2) is 18.5 Å². The number of ether oxygens (including phenoxy) is 1. The molecule has 2 aromatic rings. The highest BCUT2D eigenvalue weighted by Crippen LogP contribution is 2.35. The van der Waals surface area contributed by atoms with Gasteiger partial charge in [0.05, 0.1) is 25.6 Å². The van der Waals surface area contributed by atoms with Gasteiger partial charge in [0, 0.05) is 30.8 Å². The molecule has 1 aliphatic rings. The van der Waals surface area contributed by atoms with Gasteiger partial charge >= 0.3 is 12.0 Å². The lowest BCUT2D eigenvalue weighted by atomic mass is 9.95. The zero-order valence-corrected chi connectivity index (χ0v) is 14.4. The molecule has 144 valence electrons. The highest BCUT2D eigenvalue weighted by Gasteiger charge is 2.36. The zero-order valence-electron chi connectivity index (χ0n) is 14.4. The molecule has 3 rings (SSSR count). The fourth-order valence-corrected chi connectivity index (χ4v) is 3.04. The second-order valence-corrected chi connectivity index (χ2v) is 5.93. The van der Waals surface area contributed by atoms with Crippen LogP contribution in [0.4, 0.5) is 18.0 Å². The van der Waals surface area contributed by atoms with Crippen molar-refractivity contribution in [3.63, 3.8) is 0 Å². The van der Waals surface area contributed by atoms with Crippen LogP contribution in [-0.4, -0.2) is 47.1 Å². The predicted molar refractivity (Wildman–Crippen MR) is 87.2 cm³/mol. The fraction of sp³-hybridized carbons (Fsp3) is 0.353. The zero-order chi connectivity index (χ0) is 19.6. The Kier molecular flexibility index (Phi) is 5.33. The lowest BCUT2D eigenvalue weighted by Crippen LogP contribution is -2.46. The third-order valence-corrected chi connectivity index (χ3v) is 4.38. The number of halogens is 3. The Bertz CT molecular complexity index is 871. The third kappa shape index (κ3) is 3.60. The summed E-state index contributed by atoms with van der Waals surface area (Å²) < 4.78 is 46.0. The number of nitrogens with one attached hydrogen (secondary N) is 2. The van der Waals surface area contributed by atoms with Gasteiger partial charge in [-0.3, -0.25) is 4.79 Å². The number of urea groups is 1. The number of esters is 1. The van der Waals surface area contributed by atoms with Gasteiger partial charge in [0.1, 0.15) is 6.04 Å². The first-order valence-electron chi connectivity index (χ1n) is 8.20. The van der Waals surface area contributed by atoms with E-state index in [0.717, 1.165) is 12.1 Å². The van der Waals surface area contributed by atoms with E-state index in [1.165, 1.54) is 18.3 Å². The quantitative estimate of drug-likeness (QED) is 0.626. The van der Waals surface area contributed by atoms with Crippen molar-refractivity contribution in [2.45, 2.75) is 18.9 Å². The summed E-state index contributed by atoms with van der Waals surface area (Å²) in [5.41, 5.74) is 0.835. The number of hydrogen-bond donors (Lipinski definition) is 2. The average Bonchev–Trinajstić information content (AvgIpc) is 3.14. The van der Waals surface area contributed by atoms with Crippen LogP contribution in [0.25, 0.3) is 0 Å². The second kappa shape index (κ2) is 7.68. The smallest absolute Gasteiger partial charge is 0.318 e. The van der Waals surface area contributed by atoms with Crippen LogP contribution in [0.5, 0.6) is 0 Å². The van der Waals surface area contributed by atoms with Crippen LogP contribution >= 0.6 is 0 Å². The Balaban J connectivity index is 1.91. The molecule has 0 saturated carbocycles. The number of carbonyl (C=O) groups is 2. The number of amides is 2. The van der Waals surface area contributed by atoms with Crippen LogP contribution in [0.2, 0.25) is 0 Å². The summed E-state index contributed by atoms with van der Waals surface area (Å²) in [7, 11) is 1.23. The van der Waals surface area contributed by atoms with Gasteiger partial charge < -0.3 is 19.9 Å². The minimum Gasteiger partial charge on any atom is -0.469 e. The molecule has 0 radical (unpaired) electrons. The molecule has 10 heteroatoms. The first kappa shape index (κ1) is 18.7. The SMILES string of the molecule is COC(=O)CCNC(=O)N1CCc2[nH]cnc2[C@@H]1c1ccc(F)c(F)c1F. The number of aromatic amines is 1. The highest BCUT2D eigenvalue weighted by molar-refractivity contribution is 5.77. The van der Waals surface area contributed by atoms with Gasteiger partial charge in [-0.05, 0) is 6.07 Å². The number of rotatable bonds is 4. The molecule has 7 nitrogen and oxygen atoms in total. The molecule has 0 saturated heterocycles. The van der Waals surface area contributed by atoms with Crippen molar-refractivity contribution in [2.75, 3.05) is 20.2 Å². The lowest BCUT2D eigenvalue weighted by Gasteiger charge is -2.35. The highest BCUT2D eigenvalue weighted by atomic mass is 19.2. The normalized spacial score (nSPS) is 16.0. The first-order valence-corrected chi connectivity index (χ1v) is 8.20. The molecule has 1 aromatic heterocycles. The molecule has 0 spiro atoms. The number of hydrogen-bond acceptors (Lipinski definition) is 4. The standard InChI is InChI=1S/C17H17F3N4O3/c1-27-12(25)4-6-21-17(26)24-7-5-11-15(23-8-22-11)16(24)9-2-3-10(18)14(20)13(9)19/h2-3,8,16H,4-7H2,1H3,(H,21,26)(H,22,23)/t16-/m0/s1. The van der Waals surface area contributed by atoms with E-state index in [0.29, 0.717) is 17.8 Å². The number of nitrogens with zero attached hydrogens (tertiary/aromatic N) is 2. The number of imidazole rings is 1.